The zero-order valence-electron chi connectivity index (χ0n) is 12.2. The van der Waals surface area contributed by atoms with Gasteiger partial charge in [0.25, 0.3) is 11.7 Å². The van der Waals surface area contributed by atoms with Crippen LogP contribution >= 0.6 is 0 Å². The maximum absolute atomic E-state index is 12.0. The van der Waals surface area contributed by atoms with Crippen LogP contribution < -0.4 is 5.73 Å². The van der Waals surface area contributed by atoms with Gasteiger partial charge in [0.1, 0.15) is 0 Å². The third-order valence-electron chi connectivity index (χ3n) is 3.74. The first-order valence-corrected chi connectivity index (χ1v) is 7.02. The Kier molecular flexibility index (Phi) is 3.65. The summed E-state index contributed by atoms with van der Waals surface area (Å²) in [5.74, 6) is -1.70. The number of aromatic nitrogens is 1. The zero-order chi connectivity index (χ0) is 16.4. The third kappa shape index (κ3) is 2.58. The molecule has 0 aliphatic rings. The number of hydrogen-bond acceptors (Lipinski definition) is 3. The van der Waals surface area contributed by atoms with E-state index in [0.29, 0.717) is 17.5 Å². The molecule has 1 heterocycles. The molecule has 3 rings (SSSR count). The van der Waals surface area contributed by atoms with Crippen molar-refractivity contribution in [2.75, 3.05) is 0 Å². The monoisotopic (exact) mass is 303 g/mol. The van der Waals surface area contributed by atoms with E-state index in [1.165, 1.54) is 0 Å². The van der Waals surface area contributed by atoms with Gasteiger partial charge in [-0.05, 0) is 17.7 Å². The van der Waals surface area contributed by atoms with Crippen LogP contribution in [0.15, 0.2) is 54.7 Å². The predicted molar refractivity (Wildman–Crippen MR) is 85.7 cm³/mol. The number of para-hydroxylation sites is 1. The molecule has 0 saturated carbocycles. The molecule has 5 heteroatoms. The van der Waals surface area contributed by atoms with Gasteiger partial charge in [-0.1, -0.05) is 36.4 Å². The van der Waals surface area contributed by atoms with Crippen molar-refractivity contribution in [2.45, 2.75) is 6.54 Å². The number of carbonyl (C=O) groups is 2. The maximum Gasteiger partial charge on any atom is 0.289 e. The second-order valence-electron chi connectivity index (χ2n) is 5.15. The van der Waals surface area contributed by atoms with Gasteiger partial charge < -0.3 is 10.3 Å². The zero-order valence-corrected chi connectivity index (χ0v) is 12.2. The van der Waals surface area contributed by atoms with E-state index >= 15 is 0 Å². The quantitative estimate of drug-likeness (QED) is 0.592. The number of nitrogens with zero attached hydrogens (tertiary/aromatic N) is 2. The lowest BCUT2D eigenvalue weighted by Gasteiger charge is -2.07. The Morgan fingerprint density at radius 2 is 1.78 bits per heavy atom. The van der Waals surface area contributed by atoms with E-state index in [-0.39, 0.29) is 5.56 Å². The summed E-state index contributed by atoms with van der Waals surface area (Å²) in [7, 11) is 0. The number of ketones is 1. The Morgan fingerprint density at radius 3 is 2.52 bits per heavy atom. The van der Waals surface area contributed by atoms with E-state index in [9.17, 15) is 14.9 Å². The fourth-order valence-corrected chi connectivity index (χ4v) is 2.64. The highest BCUT2D eigenvalue weighted by Gasteiger charge is 2.19. The van der Waals surface area contributed by atoms with Crippen molar-refractivity contribution in [2.24, 2.45) is 5.73 Å². The van der Waals surface area contributed by atoms with E-state index in [2.05, 4.69) is 6.07 Å². The van der Waals surface area contributed by atoms with Crippen LogP contribution in [0.1, 0.15) is 21.5 Å². The number of carbonyl (C=O) groups excluding carboxylic acids is 2. The van der Waals surface area contributed by atoms with E-state index < -0.39 is 11.7 Å². The molecule has 2 aromatic carbocycles. The molecule has 0 fully saturated rings. The predicted octanol–water partition coefficient (Wildman–Crippen LogP) is 2.23. The number of rotatable bonds is 4. The molecule has 0 unspecified atom stereocenters. The van der Waals surface area contributed by atoms with E-state index in [1.54, 1.807) is 30.5 Å². The SMILES string of the molecule is N#Cc1ccccc1Cn1cc(C(=O)C(N)=O)c2ccccc21. The molecule has 5 nitrogen and oxygen atoms in total. The fourth-order valence-electron chi connectivity index (χ4n) is 2.64. The van der Waals surface area contributed by atoms with Crippen LogP contribution in [0.25, 0.3) is 10.9 Å². The van der Waals surface area contributed by atoms with Crippen molar-refractivity contribution in [3.05, 3.63) is 71.4 Å². The smallest absolute Gasteiger partial charge is 0.289 e. The largest absolute Gasteiger partial charge is 0.363 e. The molecule has 3 aromatic rings. The molecule has 23 heavy (non-hydrogen) atoms. The van der Waals surface area contributed by atoms with Gasteiger partial charge in [0, 0.05) is 23.6 Å². The van der Waals surface area contributed by atoms with Crippen molar-refractivity contribution >= 4 is 22.6 Å². The summed E-state index contributed by atoms with van der Waals surface area (Å²) in [5.41, 5.74) is 7.63. The van der Waals surface area contributed by atoms with Crippen LogP contribution in [0.5, 0.6) is 0 Å². The molecule has 2 N–H and O–H groups in total. The van der Waals surface area contributed by atoms with Gasteiger partial charge in [0.05, 0.1) is 17.2 Å². The molecule has 0 saturated heterocycles. The van der Waals surface area contributed by atoms with Crippen LogP contribution in [-0.4, -0.2) is 16.3 Å². The standard InChI is InChI=1S/C18H13N3O2/c19-9-12-5-1-2-6-13(12)10-21-11-15(17(22)18(20)23)14-7-3-4-8-16(14)21/h1-8,11H,10H2,(H2,20,23). The van der Waals surface area contributed by atoms with Gasteiger partial charge in [0.2, 0.25) is 0 Å². The highest BCUT2D eigenvalue weighted by atomic mass is 16.2. The lowest BCUT2D eigenvalue weighted by atomic mass is 10.1. The van der Waals surface area contributed by atoms with Crippen molar-refractivity contribution < 1.29 is 9.59 Å². The molecular formula is C18H13N3O2. The summed E-state index contributed by atoms with van der Waals surface area (Å²) in [6, 6.07) is 16.7. The Bertz CT molecular complexity index is 964. The summed E-state index contributed by atoms with van der Waals surface area (Å²) in [4.78, 5) is 23.2. The maximum atomic E-state index is 12.0. The van der Waals surface area contributed by atoms with Gasteiger partial charge in [-0.3, -0.25) is 9.59 Å². The molecule has 0 atom stereocenters. The number of nitriles is 1. The molecule has 0 radical (unpaired) electrons. The lowest BCUT2D eigenvalue weighted by molar-refractivity contribution is -0.114. The first kappa shape index (κ1) is 14.5. The van der Waals surface area contributed by atoms with Crippen molar-refractivity contribution in [1.29, 1.82) is 5.26 Å². The minimum absolute atomic E-state index is 0.280. The van der Waals surface area contributed by atoms with Crippen molar-refractivity contribution in [3.63, 3.8) is 0 Å². The topological polar surface area (TPSA) is 88.9 Å². The molecule has 112 valence electrons. The van der Waals surface area contributed by atoms with E-state index in [4.69, 9.17) is 5.73 Å². The lowest BCUT2D eigenvalue weighted by Crippen LogP contribution is -2.22. The first-order valence-electron chi connectivity index (χ1n) is 7.02. The van der Waals surface area contributed by atoms with Gasteiger partial charge in [-0.25, -0.2) is 0 Å². The minimum Gasteiger partial charge on any atom is -0.363 e. The number of primary amides is 1. The molecule has 1 amide bonds. The third-order valence-corrected chi connectivity index (χ3v) is 3.74. The van der Waals surface area contributed by atoms with Crippen LogP contribution in [0.4, 0.5) is 0 Å². The minimum atomic E-state index is -0.981. The molecule has 0 aliphatic carbocycles. The molecular weight excluding hydrogens is 290 g/mol. The summed E-state index contributed by atoms with van der Waals surface area (Å²) in [5, 5.41) is 9.87. The Labute approximate surface area is 132 Å². The van der Waals surface area contributed by atoms with Crippen molar-refractivity contribution in [1.82, 2.24) is 4.57 Å². The number of nitrogens with two attached hydrogens (primary N) is 1. The average Bonchev–Trinajstić information content (AvgIpc) is 2.93. The summed E-state index contributed by atoms with van der Waals surface area (Å²) >= 11 is 0. The van der Waals surface area contributed by atoms with Gasteiger partial charge in [-0.2, -0.15) is 5.26 Å². The second kappa shape index (κ2) is 5.78. The van der Waals surface area contributed by atoms with Crippen LogP contribution in [-0.2, 0) is 11.3 Å². The number of fused-ring (bicyclic) bond motifs is 1. The van der Waals surface area contributed by atoms with E-state index in [0.717, 1.165) is 11.1 Å². The summed E-state index contributed by atoms with van der Waals surface area (Å²) in [6.45, 7) is 0.427. The number of amides is 1. The average molecular weight is 303 g/mol. The highest BCUT2D eigenvalue weighted by molar-refractivity contribution is 6.44. The first-order chi connectivity index (χ1) is 11.1. The number of Topliss-reactive ketones (excluding diaryl/α,β-unsaturated/α-hetero) is 1. The Balaban J connectivity index is 2.14. The van der Waals surface area contributed by atoms with Gasteiger partial charge in [0.15, 0.2) is 0 Å². The van der Waals surface area contributed by atoms with Gasteiger partial charge in [-0.15, -0.1) is 0 Å². The van der Waals surface area contributed by atoms with Crippen LogP contribution in [0.3, 0.4) is 0 Å². The Morgan fingerprint density at radius 1 is 1.09 bits per heavy atom. The summed E-state index contributed by atoms with van der Waals surface area (Å²) < 4.78 is 1.85. The summed E-state index contributed by atoms with van der Waals surface area (Å²) in [6.07, 6.45) is 1.62. The second-order valence-corrected chi connectivity index (χ2v) is 5.15. The van der Waals surface area contributed by atoms with E-state index in [1.807, 2.05) is 28.8 Å². The molecule has 0 bridgehead atoms. The number of hydrogen-bond donors (Lipinski definition) is 1. The molecule has 1 aromatic heterocycles. The normalized spacial score (nSPS) is 10.4. The highest BCUT2D eigenvalue weighted by Crippen LogP contribution is 2.23. The van der Waals surface area contributed by atoms with Crippen LogP contribution in [0, 0.1) is 11.3 Å². The van der Waals surface area contributed by atoms with Crippen LogP contribution in [0.2, 0.25) is 0 Å². The molecule has 0 aliphatic heterocycles. The van der Waals surface area contributed by atoms with Crippen molar-refractivity contribution in [3.8, 4) is 6.07 Å². The van der Waals surface area contributed by atoms with Gasteiger partial charge >= 0.3 is 0 Å². The number of benzene rings is 2. The fraction of sp³-hybridized carbons (Fsp3) is 0.0556. The molecule has 0 spiro atoms. The Hall–Kier alpha value is -3.39.